The van der Waals surface area contributed by atoms with Crippen molar-refractivity contribution in [1.29, 1.82) is 0 Å². The van der Waals surface area contributed by atoms with E-state index < -0.39 is 0 Å². The standard InChI is InChI=1S/C16H32N2/c1-5-9-16(4,12-17-14-7-8-14)13-18-11-6-10-15(18,2)3/h14,17H,5-13H2,1-4H3. The number of rotatable bonds is 7. The van der Waals surface area contributed by atoms with Crippen LogP contribution in [0.3, 0.4) is 0 Å². The molecule has 1 heterocycles. The minimum absolute atomic E-state index is 0.425. The summed E-state index contributed by atoms with van der Waals surface area (Å²) in [5, 5.41) is 3.76. The summed E-state index contributed by atoms with van der Waals surface area (Å²) in [5.74, 6) is 0. The van der Waals surface area contributed by atoms with Gasteiger partial charge in [0.15, 0.2) is 0 Å². The van der Waals surface area contributed by atoms with Crippen LogP contribution in [-0.4, -0.2) is 36.1 Å². The summed E-state index contributed by atoms with van der Waals surface area (Å²) in [6.07, 6.45) is 8.20. The Bertz CT molecular complexity index is 270. The molecule has 2 aliphatic rings. The van der Waals surface area contributed by atoms with Gasteiger partial charge in [0.2, 0.25) is 0 Å². The molecule has 1 aliphatic heterocycles. The Kier molecular flexibility index (Phi) is 4.38. The molecule has 1 unspecified atom stereocenters. The summed E-state index contributed by atoms with van der Waals surface area (Å²) in [6.45, 7) is 13.4. The molecule has 0 aromatic carbocycles. The van der Waals surface area contributed by atoms with Crippen LogP contribution in [-0.2, 0) is 0 Å². The SMILES string of the molecule is CCCC(C)(CNC1CC1)CN1CCCC1(C)C. The summed E-state index contributed by atoms with van der Waals surface area (Å²) >= 11 is 0. The van der Waals surface area contributed by atoms with Crippen molar-refractivity contribution in [1.82, 2.24) is 10.2 Å². The molecule has 2 heteroatoms. The molecule has 18 heavy (non-hydrogen) atoms. The third kappa shape index (κ3) is 3.71. The molecular formula is C16H32N2. The molecule has 1 atom stereocenters. The van der Waals surface area contributed by atoms with Gasteiger partial charge in [0, 0.05) is 24.7 Å². The fourth-order valence-electron chi connectivity index (χ4n) is 3.42. The normalized spacial score (nSPS) is 27.3. The fraction of sp³-hybridized carbons (Fsp3) is 1.00. The van der Waals surface area contributed by atoms with Crippen LogP contribution in [0.2, 0.25) is 0 Å². The van der Waals surface area contributed by atoms with Crippen LogP contribution in [0.25, 0.3) is 0 Å². The number of hydrogen-bond donors (Lipinski definition) is 1. The topological polar surface area (TPSA) is 15.3 Å². The van der Waals surface area contributed by atoms with Crippen LogP contribution in [0.1, 0.15) is 66.2 Å². The van der Waals surface area contributed by atoms with Gasteiger partial charge in [-0.2, -0.15) is 0 Å². The fourth-order valence-corrected chi connectivity index (χ4v) is 3.42. The van der Waals surface area contributed by atoms with Crippen molar-refractivity contribution in [2.75, 3.05) is 19.6 Å². The van der Waals surface area contributed by atoms with E-state index in [-0.39, 0.29) is 0 Å². The predicted octanol–water partition coefficient (Wildman–Crippen LogP) is 3.42. The van der Waals surface area contributed by atoms with Crippen molar-refractivity contribution < 1.29 is 0 Å². The van der Waals surface area contributed by atoms with Gasteiger partial charge in [-0.15, -0.1) is 0 Å². The summed E-state index contributed by atoms with van der Waals surface area (Å²) in [5.41, 5.74) is 0.882. The lowest BCUT2D eigenvalue weighted by Gasteiger charge is -2.40. The molecule has 0 aromatic rings. The first-order chi connectivity index (χ1) is 8.45. The maximum absolute atomic E-state index is 3.76. The molecule has 0 radical (unpaired) electrons. The van der Waals surface area contributed by atoms with Gasteiger partial charge < -0.3 is 5.32 Å². The van der Waals surface area contributed by atoms with Crippen molar-refractivity contribution in [3.63, 3.8) is 0 Å². The van der Waals surface area contributed by atoms with Crippen molar-refractivity contribution in [2.24, 2.45) is 5.41 Å². The van der Waals surface area contributed by atoms with E-state index in [0.717, 1.165) is 6.04 Å². The Morgan fingerprint density at radius 2 is 2.06 bits per heavy atom. The Balaban J connectivity index is 1.90. The summed E-state index contributed by atoms with van der Waals surface area (Å²) < 4.78 is 0. The number of hydrogen-bond acceptors (Lipinski definition) is 2. The zero-order valence-electron chi connectivity index (χ0n) is 12.9. The van der Waals surface area contributed by atoms with E-state index in [4.69, 9.17) is 0 Å². The average Bonchev–Trinajstić information content (AvgIpc) is 3.04. The van der Waals surface area contributed by atoms with E-state index in [9.17, 15) is 0 Å². The minimum atomic E-state index is 0.425. The van der Waals surface area contributed by atoms with E-state index in [2.05, 4.69) is 37.9 Å². The first-order valence-corrected chi connectivity index (χ1v) is 7.94. The predicted molar refractivity (Wildman–Crippen MR) is 78.9 cm³/mol. The van der Waals surface area contributed by atoms with Crippen LogP contribution >= 0.6 is 0 Å². The van der Waals surface area contributed by atoms with Crippen LogP contribution in [0.5, 0.6) is 0 Å². The van der Waals surface area contributed by atoms with E-state index >= 15 is 0 Å². The van der Waals surface area contributed by atoms with Gasteiger partial charge in [-0.25, -0.2) is 0 Å². The van der Waals surface area contributed by atoms with E-state index in [1.807, 2.05) is 0 Å². The zero-order chi connectivity index (χ0) is 13.2. The lowest BCUT2D eigenvalue weighted by atomic mass is 9.83. The first kappa shape index (κ1) is 14.3. The molecule has 1 N–H and O–H groups in total. The molecule has 0 amide bonds. The third-order valence-electron chi connectivity index (χ3n) is 4.89. The molecule has 1 aliphatic carbocycles. The molecule has 1 saturated carbocycles. The molecule has 0 aromatic heterocycles. The molecule has 106 valence electrons. The van der Waals surface area contributed by atoms with Crippen LogP contribution in [0.15, 0.2) is 0 Å². The summed E-state index contributed by atoms with van der Waals surface area (Å²) in [7, 11) is 0. The van der Waals surface area contributed by atoms with E-state index in [1.165, 1.54) is 58.2 Å². The highest BCUT2D eigenvalue weighted by atomic mass is 15.2. The number of nitrogens with zero attached hydrogens (tertiary/aromatic N) is 1. The van der Waals surface area contributed by atoms with Gasteiger partial charge in [0.1, 0.15) is 0 Å². The van der Waals surface area contributed by atoms with Gasteiger partial charge in [0.25, 0.3) is 0 Å². The summed E-state index contributed by atoms with van der Waals surface area (Å²) in [6, 6.07) is 0.841. The van der Waals surface area contributed by atoms with Gasteiger partial charge in [0.05, 0.1) is 0 Å². The van der Waals surface area contributed by atoms with Crippen molar-refractivity contribution in [2.45, 2.75) is 77.8 Å². The second-order valence-electron chi connectivity index (χ2n) is 7.55. The maximum Gasteiger partial charge on any atom is 0.0153 e. The van der Waals surface area contributed by atoms with Gasteiger partial charge in [-0.05, 0) is 57.9 Å². The van der Waals surface area contributed by atoms with Gasteiger partial charge >= 0.3 is 0 Å². The van der Waals surface area contributed by atoms with E-state index in [1.54, 1.807) is 0 Å². The largest absolute Gasteiger partial charge is 0.313 e. The van der Waals surface area contributed by atoms with Crippen molar-refractivity contribution in [3.05, 3.63) is 0 Å². The minimum Gasteiger partial charge on any atom is -0.313 e. The number of nitrogens with one attached hydrogen (secondary N) is 1. The Labute approximate surface area is 114 Å². The van der Waals surface area contributed by atoms with E-state index in [0.29, 0.717) is 11.0 Å². The van der Waals surface area contributed by atoms with Crippen LogP contribution < -0.4 is 5.32 Å². The third-order valence-corrected chi connectivity index (χ3v) is 4.89. The van der Waals surface area contributed by atoms with Gasteiger partial charge in [-0.3, -0.25) is 4.90 Å². The van der Waals surface area contributed by atoms with Crippen molar-refractivity contribution in [3.8, 4) is 0 Å². The average molecular weight is 252 g/mol. The van der Waals surface area contributed by atoms with Crippen LogP contribution in [0.4, 0.5) is 0 Å². The van der Waals surface area contributed by atoms with Gasteiger partial charge in [-0.1, -0.05) is 20.3 Å². The molecular weight excluding hydrogens is 220 g/mol. The Hall–Kier alpha value is -0.0800. The molecule has 1 saturated heterocycles. The maximum atomic E-state index is 3.76. The first-order valence-electron chi connectivity index (χ1n) is 7.94. The summed E-state index contributed by atoms with van der Waals surface area (Å²) in [4.78, 5) is 2.73. The number of likely N-dealkylation sites (tertiary alicyclic amines) is 1. The molecule has 2 rings (SSSR count). The monoisotopic (exact) mass is 252 g/mol. The lowest BCUT2D eigenvalue weighted by molar-refractivity contribution is 0.0965. The highest BCUT2D eigenvalue weighted by Gasteiger charge is 2.37. The second-order valence-corrected chi connectivity index (χ2v) is 7.55. The highest BCUT2D eigenvalue weighted by Crippen LogP contribution is 2.34. The smallest absolute Gasteiger partial charge is 0.0153 e. The molecule has 0 spiro atoms. The highest BCUT2D eigenvalue weighted by molar-refractivity contribution is 4.93. The quantitative estimate of drug-likeness (QED) is 0.747. The Morgan fingerprint density at radius 3 is 2.56 bits per heavy atom. The zero-order valence-corrected chi connectivity index (χ0v) is 12.9. The molecule has 2 nitrogen and oxygen atoms in total. The Morgan fingerprint density at radius 1 is 1.33 bits per heavy atom. The lowest BCUT2D eigenvalue weighted by Crippen LogP contribution is -2.48. The molecule has 2 fully saturated rings. The second kappa shape index (κ2) is 5.50. The van der Waals surface area contributed by atoms with Crippen molar-refractivity contribution >= 4 is 0 Å². The van der Waals surface area contributed by atoms with Crippen LogP contribution in [0, 0.1) is 5.41 Å². The molecule has 0 bridgehead atoms.